The molecule has 158 valence electrons. The standard InChI is InChI=1S/C21H18Br3N3.CH2Cl2/c22-16-1-7-19(8-2-16)25-13-26(20-9-3-17(23)4-10-20)15-27(14-25)21-11-5-18(24)6-12-21;2-1-3/h1-12H,13-15H2;1H2. The third kappa shape index (κ3) is 6.54. The lowest BCUT2D eigenvalue weighted by Gasteiger charge is -2.45. The zero-order valence-electron chi connectivity index (χ0n) is 16.0. The summed E-state index contributed by atoms with van der Waals surface area (Å²) in [5.74, 6) is 0. The highest BCUT2D eigenvalue weighted by atomic mass is 79.9. The zero-order valence-corrected chi connectivity index (χ0v) is 22.3. The van der Waals surface area contributed by atoms with Crippen LogP contribution >= 0.6 is 71.0 Å². The number of alkyl halides is 2. The topological polar surface area (TPSA) is 9.72 Å². The van der Waals surface area contributed by atoms with E-state index in [9.17, 15) is 0 Å². The second-order valence-corrected chi connectivity index (χ2v) is 10.1. The van der Waals surface area contributed by atoms with Crippen molar-refractivity contribution in [3.8, 4) is 0 Å². The molecule has 1 saturated heterocycles. The van der Waals surface area contributed by atoms with Gasteiger partial charge in [-0.1, -0.05) is 47.8 Å². The predicted molar refractivity (Wildman–Crippen MR) is 141 cm³/mol. The number of nitrogens with zero attached hydrogens (tertiary/aromatic N) is 3. The van der Waals surface area contributed by atoms with Gasteiger partial charge < -0.3 is 14.7 Å². The van der Waals surface area contributed by atoms with E-state index in [4.69, 9.17) is 23.2 Å². The van der Waals surface area contributed by atoms with Crippen molar-refractivity contribution in [3.05, 3.63) is 86.2 Å². The molecular weight excluding hydrogens is 617 g/mol. The van der Waals surface area contributed by atoms with Crippen molar-refractivity contribution < 1.29 is 0 Å². The Labute approximate surface area is 212 Å². The molecule has 0 amide bonds. The molecule has 0 atom stereocenters. The normalized spacial score (nSPS) is 13.7. The zero-order chi connectivity index (χ0) is 21.5. The van der Waals surface area contributed by atoms with E-state index in [0.29, 0.717) is 0 Å². The summed E-state index contributed by atoms with van der Waals surface area (Å²) >= 11 is 20.1. The van der Waals surface area contributed by atoms with Gasteiger partial charge in [0.15, 0.2) is 0 Å². The molecule has 0 aliphatic carbocycles. The molecule has 0 aromatic heterocycles. The minimum absolute atomic E-state index is 0.194. The fraction of sp³-hybridized carbons (Fsp3) is 0.182. The SMILES string of the molecule is Brc1ccc(N2CN(c3ccc(Br)cc3)CN(c3ccc(Br)cc3)C2)cc1.ClCCl. The van der Waals surface area contributed by atoms with Crippen LogP contribution in [0, 0.1) is 0 Å². The summed E-state index contributed by atoms with van der Waals surface area (Å²) in [7, 11) is 0. The smallest absolute Gasteiger partial charge is 0.0967 e. The first-order valence-corrected chi connectivity index (χ1v) is 12.6. The maximum absolute atomic E-state index is 4.76. The van der Waals surface area contributed by atoms with E-state index in [1.807, 2.05) is 0 Å². The van der Waals surface area contributed by atoms with Crippen LogP contribution in [0.4, 0.5) is 17.1 Å². The summed E-state index contributed by atoms with van der Waals surface area (Å²) in [6.45, 7) is 2.53. The van der Waals surface area contributed by atoms with Gasteiger partial charge in [0.1, 0.15) is 0 Å². The molecule has 8 heteroatoms. The third-order valence-corrected chi connectivity index (χ3v) is 6.19. The molecule has 4 rings (SSSR count). The quantitative estimate of drug-likeness (QED) is 0.269. The number of rotatable bonds is 3. The van der Waals surface area contributed by atoms with E-state index in [1.165, 1.54) is 17.1 Å². The Balaban J connectivity index is 0.000000806. The van der Waals surface area contributed by atoms with Gasteiger partial charge in [-0.25, -0.2) is 0 Å². The minimum atomic E-state index is 0.194. The van der Waals surface area contributed by atoms with Crippen molar-refractivity contribution >= 4 is 88.1 Å². The van der Waals surface area contributed by atoms with E-state index in [-0.39, 0.29) is 5.34 Å². The molecule has 1 aliphatic heterocycles. The second kappa shape index (κ2) is 11.6. The third-order valence-electron chi connectivity index (χ3n) is 4.60. The lowest BCUT2D eigenvalue weighted by molar-refractivity contribution is 0.611. The number of anilines is 3. The van der Waals surface area contributed by atoms with Crippen LogP contribution in [-0.4, -0.2) is 25.3 Å². The van der Waals surface area contributed by atoms with E-state index < -0.39 is 0 Å². The molecule has 3 aromatic rings. The van der Waals surface area contributed by atoms with Gasteiger partial charge in [-0.3, -0.25) is 0 Å². The summed E-state index contributed by atoms with van der Waals surface area (Å²) < 4.78 is 3.29. The molecule has 1 aliphatic rings. The van der Waals surface area contributed by atoms with Crippen molar-refractivity contribution in [2.45, 2.75) is 0 Å². The molecule has 0 N–H and O–H groups in total. The molecule has 0 unspecified atom stereocenters. The monoisotopic (exact) mass is 633 g/mol. The Morgan fingerprint density at radius 1 is 0.500 bits per heavy atom. The van der Waals surface area contributed by atoms with Gasteiger partial charge in [0.25, 0.3) is 0 Å². The molecule has 0 spiro atoms. The summed E-state index contributed by atoms with van der Waals surface area (Å²) in [4.78, 5) is 7.17. The van der Waals surface area contributed by atoms with Crippen LogP contribution in [0.5, 0.6) is 0 Å². The van der Waals surface area contributed by atoms with Crippen molar-refractivity contribution in [2.24, 2.45) is 0 Å². The number of halogens is 5. The highest BCUT2D eigenvalue weighted by Gasteiger charge is 2.24. The molecule has 1 heterocycles. The van der Waals surface area contributed by atoms with E-state index in [0.717, 1.165) is 33.4 Å². The summed E-state index contributed by atoms with van der Waals surface area (Å²) in [6.07, 6.45) is 0. The highest BCUT2D eigenvalue weighted by Crippen LogP contribution is 2.28. The summed E-state index contributed by atoms with van der Waals surface area (Å²) in [6, 6.07) is 25.5. The minimum Gasteiger partial charge on any atom is -0.336 e. The van der Waals surface area contributed by atoms with Gasteiger partial charge in [0.05, 0.1) is 25.3 Å². The number of hydrogen-bond acceptors (Lipinski definition) is 3. The van der Waals surface area contributed by atoms with Crippen molar-refractivity contribution in [2.75, 3.05) is 40.0 Å². The van der Waals surface area contributed by atoms with Crippen LogP contribution in [0.1, 0.15) is 0 Å². The van der Waals surface area contributed by atoms with Crippen LogP contribution in [0.2, 0.25) is 0 Å². The van der Waals surface area contributed by atoms with Crippen molar-refractivity contribution in [1.29, 1.82) is 0 Å². The summed E-state index contributed by atoms with van der Waals surface area (Å²) in [5, 5.41) is 0.194. The Hall–Kier alpha value is -0.920. The van der Waals surface area contributed by atoms with Crippen LogP contribution in [-0.2, 0) is 0 Å². The van der Waals surface area contributed by atoms with Gasteiger partial charge in [0.2, 0.25) is 0 Å². The number of hydrogen-bond donors (Lipinski definition) is 0. The van der Waals surface area contributed by atoms with E-state index in [1.54, 1.807) is 0 Å². The molecule has 1 fully saturated rings. The van der Waals surface area contributed by atoms with Gasteiger partial charge >= 0.3 is 0 Å². The maximum Gasteiger partial charge on any atom is 0.0967 e. The lowest BCUT2D eigenvalue weighted by atomic mass is 10.2. The largest absolute Gasteiger partial charge is 0.336 e. The van der Waals surface area contributed by atoms with Crippen LogP contribution in [0.25, 0.3) is 0 Å². The summed E-state index contributed by atoms with van der Waals surface area (Å²) in [5.41, 5.74) is 3.63. The highest BCUT2D eigenvalue weighted by molar-refractivity contribution is 9.11. The molecule has 0 bridgehead atoms. The van der Waals surface area contributed by atoms with Gasteiger partial charge in [0, 0.05) is 30.5 Å². The molecule has 3 nitrogen and oxygen atoms in total. The second-order valence-electron chi connectivity index (χ2n) is 6.57. The Kier molecular flexibility index (Phi) is 9.20. The van der Waals surface area contributed by atoms with Gasteiger partial charge in [-0.2, -0.15) is 0 Å². The first-order valence-electron chi connectivity index (χ1n) is 9.13. The average molecular weight is 637 g/mol. The fourth-order valence-electron chi connectivity index (χ4n) is 3.20. The molecule has 0 radical (unpaired) electrons. The van der Waals surface area contributed by atoms with Crippen LogP contribution in [0.15, 0.2) is 86.2 Å². The number of benzene rings is 3. The molecule has 30 heavy (non-hydrogen) atoms. The van der Waals surface area contributed by atoms with Crippen molar-refractivity contribution in [3.63, 3.8) is 0 Å². The molecular formula is C22H20Br3Cl2N3. The molecule has 3 aromatic carbocycles. The Morgan fingerprint density at radius 3 is 0.900 bits per heavy atom. The van der Waals surface area contributed by atoms with Crippen LogP contribution in [0.3, 0.4) is 0 Å². The predicted octanol–water partition coefficient (Wildman–Crippen LogP) is 8.10. The van der Waals surface area contributed by atoms with E-state index >= 15 is 0 Å². The van der Waals surface area contributed by atoms with Gasteiger partial charge in [-0.15, -0.1) is 23.2 Å². The van der Waals surface area contributed by atoms with Gasteiger partial charge in [-0.05, 0) is 72.8 Å². The fourth-order valence-corrected chi connectivity index (χ4v) is 3.99. The average Bonchev–Trinajstić information content (AvgIpc) is 2.75. The van der Waals surface area contributed by atoms with Crippen molar-refractivity contribution in [1.82, 2.24) is 0 Å². The molecule has 0 saturated carbocycles. The van der Waals surface area contributed by atoms with E-state index in [2.05, 4.69) is 135 Å². The Bertz CT molecular complexity index is 793. The van der Waals surface area contributed by atoms with Crippen LogP contribution < -0.4 is 14.7 Å². The maximum atomic E-state index is 4.76. The lowest BCUT2D eigenvalue weighted by Crippen LogP contribution is -2.55. The first-order chi connectivity index (χ1) is 14.5. The first kappa shape index (κ1) is 23.7. The Morgan fingerprint density at radius 2 is 0.700 bits per heavy atom.